The average molecular weight is 573 g/mol. The van der Waals surface area contributed by atoms with Crippen LogP contribution in [0.3, 0.4) is 0 Å². The largest absolute Gasteiger partial charge is 0.354 e. The summed E-state index contributed by atoms with van der Waals surface area (Å²) in [6, 6.07) is 11.5. The summed E-state index contributed by atoms with van der Waals surface area (Å²) in [7, 11) is -3.81. The summed E-state index contributed by atoms with van der Waals surface area (Å²) in [5.41, 5.74) is 1.69. The topological polar surface area (TPSA) is 86.8 Å². The number of hydrogen-bond donors (Lipinski definition) is 1. The standard InChI is InChI=1S/C24H31BrClN3O4S/c1-5-6-14-27-24(31)18(3)28(15-19-10-12-20(25)13-11-19)23(30)16-29(34(4,32)33)22-9-7-8-21(26)17(22)2/h7-13,18H,5-6,14-16H2,1-4H3,(H,27,31). The zero-order chi connectivity index (χ0) is 25.5. The summed E-state index contributed by atoms with van der Waals surface area (Å²) in [4.78, 5) is 27.7. The monoisotopic (exact) mass is 571 g/mol. The van der Waals surface area contributed by atoms with Gasteiger partial charge in [0.05, 0.1) is 11.9 Å². The molecule has 1 atom stereocenters. The molecule has 0 saturated heterocycles. The number of amides is 2. The molecule has 0 spiro atoms. The first-order valence-electron chi connectivity index (χ1n) is 11.0. The fraction of sp³-hybridized carbons (Fsp3) is 0.417. The Bertz CT molecular complexity index is 1110. The van der Waals surface area contributed by atoms with Gasteiger partial charge in [0.25, 0.3) is 0 Å². The molecule has 0 aliphatic rings. The lowest BCUT2D eigenvalue weighted by Gasteiger charge is -2.32. The number of hydrogen-bond acceptors (Lipinski definition) is 4. The summed E-state index contributed by atoms with van der Waals surface area (Å²) in [5.74, 6) is -0.783. The molecular formula is C24H31BrClN3O4S. The van der Waals surface area contributed by atoms with Gasteiger partial charge in [-0.25, -0.2) is 8.42 Å². The van der Waals surface area contributed by atoms with Crippen molar-refractivity contribution in [2.24, 2.45) is 0 Å². The molecule has 0 saturated carbocycles. The van der Waals surface area contributed by atoms with Crippen LogP contribution >= 0.6 is 27.5 Å². The van der Waals surface area contributed by atoms with E-state index in [9.17, 15) is 18.0 Å². The molecule has 0 aliphatic heterocycles. The maximum Gasteiger partial charge on any atom is 0.244 e. The van der Waals surface area contributed by atoms with Crippen LogP contribution in [0, 0.1) is 6.92 Å². The van der Waals surface area contributed by atoms with Crippen molar-refractivity contribution in [3.05, 3.63) is 63.1 Å². The molecule has 1 unspecified atom stereocenters. The predicted molar refractivity (Wildman–Crippen MR) is 140 cm³/mol. The number of rotatable bonds is 11. The van der Waals surface area contributed by atoms with Gasteiger partial charge < -0.3 is 10.2 Å². The SMILES string of the molecule is CCCCNC(=O)C(C)N(Cc1ccc(Br)cc1)C(=O)CN(c1cccc(Cl)c1C)S(C)(=O)=O. The van der Waals surface area contributed by atoms with Crippen molar-refractivity contribution in [1.29, 1.82) is 0 Å². The van der Waals surface area contributed by atoms with Gasteiger partial charge in [-0.15, -0.1) is 0 Å². The molecule has 2 amide bonds. The van der Waals surface area contributed by atoms with Crippen LogP contribution in [0.4, 0.5) is 5.69 Å². The molecule has 2 rings (SSSR count). The number of nitrogens with zero attached hydrogens (tertiary/aromatic N) is 2. The molecule has 0 bridgehead atoms. The highest BCUT2D eigenvalue weighted by atomic mass is 79.9. The highest BCUT2D eigenvalue weighted by Gasteiger charge is 2.30. The van der Waals surface area contributed by atoms with Gasteiger partial charge >= 0.3 is 0 Å². The number of anilines is 1. The van der Waals surface area contributed by atoms with Gasteiger partial charge in [0.2, 0.25) is 21.8 Å². The molecule has 1 N–H and O–H groups in total. The van der Waals surface area contributed by atoms with Crippen LogP contribution in [0.2, 0.25) is 5.02 Å². The lowest BCUT2D eigenvalue weighted by atomic mass is 10.1. The van der Waals surface area contributed by atoms with Gasteiger partial charge in [0.15, 0.2) is 0 Å². The molecule has 7 nitrogen and oxygen atoms in total. The summed E-state index contributed by atoms with van der Waals surface area (Å²) in [6.07, 6.45) is 2.80. The fourth-order valence-electron chi connectivity index (χ4n) is 3.37. The van der Waals surface area contributed by atoms with Gasteiger partial charge in [-0.3, -0.25) is 13.9 Å². The molecule has 2 aromatic carbocycles. The van der Waals surface area contributed by atoms with E-state index in [-0.39, 0.29) is 12.5 Å². The van der Waals surface area contributed by atoms with E-state index in [0.29, 0.717) is 22.8 Å². The number of carbonyl (C=O) groups is 2. The predicted octanol–water partition coefficient (Wildman–Crippen LogP) is 4.51. The third-order valence-electron chi connectivity index (χ3n) is 5.45. The number of nitrogens with one attached hydrogen (secondary N) is 1. The van der Waals surface area contributed by atoms with Crippen LogP contribution in [-0.4, -0.2) is 50.5 Å². The molecule has 34 heavy (non-hydrogen) atoms. The zero-order valence-corrected chi connectivity index (χ0v) is 23.0. The summed E-state index contributed by atoms with van der Waals surface area (Å²) in [5, 5.41) is 3.25. The van der Waals surface area contributed by atoms with Crippen molar-refractivity contribution in [1.82, 2.24) is 10.2 Å². The van der Waals surface area contributed by atoms with E-state index in [1.807, 2.05) is 31.2 Å². The second-order valence-corrected chi connectivity index (χ2v) is 11.4. The van der Waals surface area contributed by atoms with E-state index in [1.54, 1.807) is 32.0 Å². The Labute approximate surface area is 215 Å². The Kier molecular flexibility index (Phi) is 10.4. The van der Waals surface area contributed by atoms with E-state index < -0.39 is 28.5 Å². The van der Waals surface area contributed by atoms with Crippen molar-refractivity contribution in [2.75, 3.05) is 23.7 Å². The van der Waals surface area contributed by atoms with Gasteiger partial charge in [0, 0.05) is 22.6 Å². The normalized spacial score (nSPS) is 12.2. The van der Waals surface area contributed by atoms with Crippen molar-refractivity contribution in [3.8, 4) is 0 Å². The number of unbranched alkanes of at least 4 members (excludes halogenated alkanes) is 1. The fourth-order valence-corrected chi connectivity index (χ4v) is 4.70. The Morgan fingerprint density at radius 2 is 1.79 bits per heavy atom. The lowest BCUT2D eigenvalue weighted by molar-refractivity contribution is -0.139. The first-order valence-corrected chi connectivity index (χ1v) is 14.0. The molecular weight excluding hydrogens is 542 g/mol. The maximum absolute atomic E-state index is 13.5. The van der Waals surface area contributed by atoms with Crippen LogP contribution in [-0.2, 0) is 26.2 Å². The Morgan fingerprint density at radius 1 is 1.15 bits per heavy atom. The molecule has 0 aromatic heterocycles. The molecule has 0 heterocycles. The summed E-state index contributed by atoms with van der Waals surface area (Å²) >= 11 is 9.60. The Hall–Kier alpha value is -2.10. The minimum absolute atomic E-state index is 0.153. The molecule has 186 valence electrons. The van der Waals surface area contributed by atoms with Crippen LogP contribution in [0.15, 0.2) is 46.9 Å². The molecule has 0 aliphatic carbocycles. The third-order valence-corrected chi connectivity index (χ3v) is 7.51. The van der Waals surface area contributed by atoms with Crippen molar-refractivity contribution in [3.63, 3.8) is 0 Å². The molecule has 10 heteroatoms. The molecule has 2 aromatic rings. The van der Waals surface area contributed by atoms with Gasteiger partial charge in [0.1, 0.15) is 12.6 Å². The van der Waals surface area contributed by atoms with E-state index in [2.05, 4.69) is 21.2 Å². The van der Waals surface area contributed by atoms with Crippen molar-refractivity contribution < 1.29 is 18.0 Å². The lowest BCUT2D eigenvalue weighted by Crippen LogP contribution is -2.51. The smallest absolute Gasteiger partial charge is 0.244 e. The quantitative estimate of drug-likeness (QED) is 0.402. The van der Waals surface area contributed by atoms with Crippen LogP contribution in [0.25, 0.3) is 0 Å². The maximum atomic E-state index is 13.5. The molecule has 0 fully saturated rings. The summed E-state index contributed by atoms with van der Waals surface area (Å²) < 4.78 is 27.2. The first kappa shape index (κ1) is 28.1. The second kappa shape index (κ2) is 12.6. The first-order chi connectivity index (χ1) is 16.0. The molecule has 0 radical (unpaired) electrons. The van der Waals surface area contributed by atoms with Crippen LogP contribution in [0.5, 0.6) is 0 Å². The van der Waals surface area contributed by atoms with Gasteiger partial charge in [-0.2, -0.15) is 0 Å². The highest BCUT2D eigenvalue weighted by Crippen LogP contribution is 2.28. The van der Waals surface area contributed by atoms with E-state index in [1.165, 1.54) is 4.90 Å². The van der Waals surface area contributed by atoms with Crippen LogP contribution in [0.1, 0.15) is 37.8 Å². The number of halogens is 2. The minimum Gasteiger partial charge on any atom is -0.354 e. The Morgan fingerprint density at radius 3 is 2.38 bits per heavy atom. The van der Waals surface area contributed by atoms with Gasteiger partial charge in [-0.1, -0.05) is 59.1 Å². The average Bonchev–Trinajstić information content (AvgIpc) is 2.78. The number of benzene rings is 2. The highest BCUT2D eigenvalue weighted by molar-refractivity contribution is 9.10. The zero-order valence-electron chi connectivity index (χ0n) is 19.8. The second-order valence-electron chi connectivity index (χ2n) is 8.12. The van der Waals surface area contributed by atoms with E-state index >= 15 is 0 Å². The van der Waals surface area contributed by atoms with E-state index in [0.717, 1.165) is 33.4 Å². The van der Waals surface area contributed by atoms with Crippen molar-refractivity contribution in [2.45, 2.75) is 46.2 Å². The van der Waals surface area contributed by atoms with Crippen molar-refractivity contribution >= 4 is 55.1 Å². The minimum atomic E-state index is -3.81. The van der Waals surface area contributed by atoms with Crippen LogP contribution < -0.4 is 9.62 Å². The number of sulfonamides is 1. The third kappa shape index (κ3) is 7.71. The summed E-state index contributed by atoms with van der Waals surface area (Å²) in [6.45, 7) is 5.58. The van der Waals surface area contributed by atoms with E-state index in [4.69, 9.17) is 11.6 Å². The number of carbonyl (C=O) groups excluding carboxylic acids is 2. The Balaban J connectivity index is 2.38. The van der Waals surface area contributed by atoms with Gasteiger partial charge in [-0.05, 0) is 55.7 Å².